The highest BCUT2D eigenvalue weighted by Gasteiger charge is 2.11. The predicted molar refractivity (Wildman–Crippen MR) is 60.0 cm³/mol. The molecule has 76 valence electrons. The summed E-state index contributed by atoms with van der Waals surface area (Å²) in [5.74, 6) is -0.341. The van der Waals surface area contributed by atoms with Crippen LogP contribution in [-0.4, -0.2) is 17.7 Å². The van der Waals surface area contributed by atoms with E-state index in [1.165, 1.54) is 12.1 Å². The van der Waals surface area contributed by atoms with Crippen LogP contribution < -0.4 is 4.74 Å². The van der Waals surface area contributed by atoms with E-state index in [1.54, 1.807) is 0 Å². The standard InChI is InChI=1S/C9H8Br2O3/c1-2-14-8-6(10)3-5(9(12)13)4-7(8)11/h3-4H,2H2,1H3,(H,12,13). The lowest BCUT2D eigenvalue weighted by molar-refractivity contribution is 0.0696. The van der Waals surface area contributed by atoms with Gasteiger partial charge in [0.05, 0.1) is 21.1 Å². The Morgan fingerprint density at radius 3 is 2.29 bits per heavy atom. The predicted octanol–water partition coefficient (Wildman–Crippen LogP) is 3.31. The Labute approximate surface area is 98.3 Å². The summed E-state index contributed by atoms with van der Waals surface area (Å²) in [4.78, 5) is 10.7. The van der Waals surface area contributed by atoms with Gasteiger partial charge in [-0.05, 0) is 50.9 Å². The second kappa shape index (κ2) is 4.79. The van der Waals surface area contributed by atoms with Gasteiger partial charge in [0, 0.05) is 0 Å². The van der Waals surface area contributed by atoms with Crippen molar-refractivity contribution in [2.75, 3.05) is 6.61 Å². The lowest BCUT2D eigenvalue weighted by Crippen LogP contribution is -1.99. The van der Waals surface area contributed by atoms with Crippen molar-refractivity contribution in [3.63, 3.8) is 0 Å². The van der Waals surface area contributed by atoms with Crippen LogP contribution in [0.2, 0.25) is 0 Å². The maximum Gasteiger partial charge on any atom is 0.335 e. The summed E-state index contributed by atoms with van der Waals surface area (Å²) >= 11 is 6.50. The van der Waals surface area contributed by atoms with E-state index in [1.807, 2.05) is 6.92 Å². The fraction of sp³-hybridized carbons (Fsp3) is 0.222. The minimum atomic E-state index is -0.963. The molecule has 1 N–H and O–H groups in total. The van der Waals surface area contributed by atoms with E-state index in [-0.39, 0.29) is 5.56 Å². The number of aromatic carboxylic acids is 1. The lowest BCUT2D eigenvalue weighted by atomic mass is 10.2. The zero-order valence-corrected chi connectivity index (χ0v) is 10.6. The second-order valence-electron chi connectivity index (χ2n) is 2.51. The van der Waals surface area contributed by atoms with Crippen molar-refractivity contribution in [3.05, 3.63) is 26.6 Å². The third-order valence-electron chi connectivity index (χ3n) is 1.53. The Hall–Kier alpha value is -0.550. The Bertz CT molecular complexity index is 340. The maximum absolute atomic E-state index is 10.7. The van der Waals surface area contributed by atoms with Crippen LogP contribution >= 0.6 is 31.9 Å². The first-order valence-electron chi connectivity index (χ1n) is 3.91. The van der Waals surface area contributed by atoms with Crippen LogP contribution in [0.1, 0.15) is 17.3 Å². The molecule has 14 heavy (non-hydrogen) atoms. The molecule has 0 fully saturated rings. The highest BCUT2D eigenvalue weighted by atomic mass is 79.9. The molecule has 0 saturated carbocycles. The van der Waals surface area contributed by atoms with Gasteiger partial charge in [0.25, 0.3) is 0 Å². The molecule has 0 aromatic heterocycles. The van der Waals surface area contributed by atoms with E-state index in [0.717, 1.165) is 0 Å². The number of carbonyl (C=O) groups is 1. The van der Waals surface area contributed by atoms with Gasteiger partial charge in [0.1, 0.15) is 5.75 Å². The number of benzene rings is 1. The molecule has 0 radical (unpaired) electrons. The minimum absolute atomic E-state index is 0.215. The summed E-state index contributed by atoms with van der Waals surface area (Å²) in [6.45, 7) is 2.40. The Kier molecular flexibility index (Phi) is 3.95. The SMILES string of the molecule is CCOc1c(Br)cc(C(=O)O)cc1Br. The number of hydrogen-bond donors (Lipinski definition) is 1. The zero-order chi connectivity index (χ0) is 10.7. The van der Waals surface area contributed by atoms with Crippen molar-refractivity contribution >= 4 is 37.8 Å². The van der Waals surface area contributed by atoms with Crippen molar-refractivity contribution < 1.29 is 14.6 Å². The quantitative estimate of drug-likeness (QED) is 0.928. The van der Waals surface area contributed by atoms with E-state index >= 15 is 0 Å². The van der Waals surface area contributed by atoms with Gasteiger partial charge in [0.2, 0.25) is 0 Å². The number of halogens is 2. The van der Waals surface area contributed by atoms with E-state index in [9.17, 15) is 4.79 Å². The molecule has 1 aromatic carbocycles. The normalized spacial score (nSPS) is 9.93. The van der Waals surface area contributed by atoms with Gasteiger partial charge in [-0.3, -0.25) is 0 Å². The molecular weight excluding hydrogens is 316 g/mol. The molecule has 0 aliphatic carbocycles. The third-order valence-corrected chi connectivity index (χ3v) is 2.71. The lowest BCUT2D eigenvalue weighted by Gasteiger charge is -2.08. The van der Waals surface area contributed by atoms with Crippen LogP contribution in [0, 0.1) is 0 Å². The molecule has 0 aliphatic heterocycles. The molecule has 1 rings (SSSR count). The first kappa shape index (κ1) is 11.5. The fourth-order valence-corrected chi connectivity index (χ4v) is 2.38. The van der Waals surface area contributed by atoms with Crippen LogP contribution in [0.25, 0.3) is 0 Å². The van der Waals surface area contributed by atoms with Gasteiger partial charge < -0.3 is 9.84 Å². The third kappa shape index (κ3) is 2.48. The molecule has 3 nitrogen and oxygen atoms in total. The van der Waals surface area contributed by atoms with Gasteiger partial charge in [-0.1, -0.05) is 0 Å². The zero-order valence-electron chi connectivity index (χ0n) is 7.38. The maximum atomic E-state index is 10.7. The molecule has 0 atom stereocenters. The molecule has 0 unspecified atom stereocenters. The molecule has 5 heteroatoms. The summed E-state index contributed by atoms with van der Waals surface area (Å²) in [5.41, 5.74) is 0.215. The van der Waals surface area contributed by atoms with Gasteiger partial charge in [-0.2, -0.15) is 0 Å². The minimum Gasteiger partial charge on any atom is -0.492 e. The second-order valence-corrected chi connectivity index (χ2v) is 4.22. The Morgan fingerprint density at radius 1 is 1.43 bits per heavy atom. The van der Waals surface area contributed by atoms with E-state index in [0.29, 0.717) is 21.3 Å². The number of rotatable bonds is 3. The number of carboxylic acid groups (broad SMARTS) is 1. The Morgan fingerprint density at radius 2 is 1.93 bits per heavy atom. The molecule has 0 amide bonds. The van der Waals surface area contributed by atoms with Crippen LogP contribution in [0.5, 0.6) is 5.75 Å². The molecular formula is C9H8Br2O3. The van der Waals surface area contributed by atoms with Crippen molar-refractivity contribution in [1.82, 2.24) is 0 Å². The Balaban J connectivity index is 3.18. The van der Waals surface area contributed by atoms with Crippen LogP contribution in [-0.2, 0) is 0 Å². The molecule has 1 aromatic rings. The van der Waals surface area contributed by atoms with E-state index in [2.05, 4.69) is 31.9 Å². The first-order valence-corrected chi connectivity index (χ1v) is 5.50. The van der Waals surface area contributed by atoms with Crippen molar-refractivity contribution in [1.29, 1.82) is 0 Å². The van der Waals surface area contributed by atoms with Gasteiger partial charge in [0.15, 0.2) is 0 Å². The number of carboxylic acids is 1. The summed E-state index contributed by atoms with van der Waals surface area (Å²) < 4.78 is 6.58. The molecule has 0 heterocycles. The molecule has 0 spiro atoms. The van der Waals surface area contributed by atoms with Gasteiger partial charge >= 0.3 is 5.97 Å². The smallest absolute Gasteiger partial charge is 0.335 e. The van der Waals surface area contributed by atoms with Crippen LogP contribution in [0.15, 0.2) is 21.1 Å². The van der Waals surface area contributed by atoms with Gasteiger partial charge in [-0.25, -0.2) is 4.79 Å². The average Bonchev–Trinajstić information content (AvgIpc) is 2.10. The summed E-state index contributed by atoms with van der Waals surface area (Å²) in [7, 11) is 0. The molecule has 0 aliphatic rings. The van der Waals surface area contributed by atoms with Gasteiger partial charge in [-0.15, -0.1) is 0 Å². The fourth-order valence-electron chi connectivity index (χ4n) is 0.966. The first-order chi connectivity index (χ1) is 6.56. The monoisotopic (exact) mass is 322 g/mol. The van der Waals surface area contributed by atoms with Crippen LogP contribution in [0.3, 0.4) is 0 Å². The van der Waals surface area contributed by atoms with Crippen molar-refractivity contribution in [2.24, 2.45) is 0 Å². The number of ether oxygens (including phenoxy) is 1. The highest BCUT2D eigenvalue weighted by Crippen LogP contribution is 2.34. The van der Waals surface area contributed by atoms with Crippen LogP contribution in [0.4, 0.5) is 0 Å². The largest absolute Gasteiger partial charge is 0.492 e. The topological polar surface area (TPSA) is 46.5 Å². The van der Waals surface area contributed by atoms with E-state index in [4.69, 9.17) is 9.84 Å². The molecule has 0 bridgehead atoms. The summed E-state index contributed by atoms with van der Waals surface area (Å²) in [6.07, 6.45) is 0. The highest BCUT2D eigenvalue weighted by molar-refractivity contribution is 9.11. The summed E-state index contributed by atoms with van der Waals surface area (Å²) in [5, 5.41) is 8.77. The van der Waals surface area contributed by atoms with E-state index < -0.39 is 5.97 Å². The average molecular weight is 324 g/mol. The van der Waals surface area contributed by atoms with Crippen molar-refractivity contribution in [3.8, 4) is 5.75 Å². The number of hydrogen-bond acceptors (Lipinski definition) is 2. The summed E-state index contributed by atoms with van der Waals surface area (Å²) in [6, 6.07) is 3.02. The van der Waals surface area contributed by atoms with Crippen molar-refractivity contribution in [2.45, 2.75) is 6.92 Å². The molecule has 0 saturated heterocycles.